The fourth-order valence-electron chi connectivity index (χ4n) is 2.29. The maximum Gasteiger partial charge on any atom is 0.276 e. The minimum absolute atomic E-state index is 0.519. The molecule has 0 bridgehead atoms. The second-order valence-electron chi connectivity index (χ2n) is 5.23. The molecule has 0 N–H and O–H groups in total. The van der Waals surface area contributed by atoms with Gasteiger partial charge in [0.25, 0.3) is 5.22 Å². The van der Waals surface area contributed by atoms with Gasteiger partial charge >= 0.3 is 0 Å². The predicted octanol–water partition coefficient (Wildman–Crippen LogP) is 4.62. The summed E-state index contributed by atoms with van der Waals surface area (Å²) in [6, 6.07) is 13.3. The Bertz CT molecular complexity index is 837. The average Bonchev–Trinajstić information content (AvgIpc) is 3.08. The first kappa shape index (κ1) is 17.6. The molecule has 0 radical (unpaired) electrons. The van der Waals surface area contributed by atoms with Crippen LogP contribution in [0.1, 0.15) is 17.0 Å². The third kappa shape index (κ3) is 4.67. The molecule has 3 rings (SSSR count). The summed E-state index contributed by atoms with van der Waals surface area (Å²) in [7, 11) is 3.28. The molecule has 0 unspecified atom stereocenters. The first-order chi connectivity index (χ1) is 12.2. The van der Waals surface area contributed by atoms with Crippen molar-refractivity contribution in [1.29, 1.82) is 0 Å². The van der Waals surface area contributed by atoms with E-state index < -0.39 is 0 Å². The molecule has 25 heavy (non-hydrogen) atoms. The largest absolute Gasteiger partial charge is 0.497 e. The van der Waals surface area contributed by atoms with Crippen LogP contribution in [0.2, 0.25) is 5.02 Å². The van der Waals surface area contributed by atoms with Crippen LogP contribution in [0.25, 0.3) is 0 Å². The van der Waals surface area contributed by atoms with Crippen molar-refractivity contribution in [3.8, 4) is 11.5 Å². The Labute approximate surface area is 155 Å². The van der Waals surface area contributed by atoms with Gasteiger partial charge < -0.3 is 13.9 Å². The lowest BCUT2D eigenvalue weighted by Crippen LogP contribution is -1.90. The van der Waals surface area contributed by atoms with Gasteiger partial charge in [-0.1, -0.05) is 35.5 Å². The molecule has 1 aromatic heterocycles. The van der Waals surface area contributed by atoms with Crippen LogP contribution < -0.4 is 9.47 Å². The molecule has 0 aliphatic rings. The highest BCUT2D eigenvalue weighted by Crippen LogP contribution is 2.29. The molecule has 0 aliphatic carbocycles. The van der Waals surface area contributed by atoms with Gasteiger partial charge in [-0.2, -0.15) is 0 Å². The second kappa shape index (κ2) is 8.27. The SMILES string of the molecule is COc1ccc(Cc2nnc(SCc3cc(Cl)ccc3OC)o2)cc1. The number of halogens is 1. The lowest BCUT2D eigenvalue weighted by molar-refractivity contribution is 0.410. The highest BCUT2D eigenvalue weighted by atomic mass is 35.5. The van der Waals surface area contributed by atoms with Gasteiger partial charge in [0.2, 0.25) is 5.89 Å². The number of ether oxygens (including phenoxy) is 2. The first-order valence-electron chi connectivity index (χ1n) is 7.58. The quantitative estimate of drug-likeness (QED) is 0.560. The normalized spacial score (nSPS) is 10.7. The van der Waals surface area contributed by atoms with Gasteiger partial charge in [0.15, 0.2) is 0 Å². The van der Waals surface area contributed by atoms with Gasteiger partial charge in [0, 0.05) is 16.3 Å². The van der Waals surface area contributed by atoms with Gasteiger partial charge in [0.05, 0.1) is 20.6 Å². The Morgan fingerprint density at radius 1 is 1.04 bits per heavy atom. The van der Waals surface area contributed by atoms with Crippen molar-refractivity contribution in [3.63, 3.8) is 0 Å². The van der Waals surface area contributed by atoms with Crippen molar-refractivity contribution in [1.82, 2.24) is 10.2 Å². The summed E-state index contributed by atoms with van der Waals surface area (Å²) in [5.74, 6) is 2.81. The molecule has 130 valence electrons. The minimum atomic E-state index is 0.519. The van der Waals surface area contributed by atoms with Crippen LogP contribution in [0.15, 0.2) is 52.1 Å². The smallest absolute Gasteiger partial charge is 0.276 e. The number of hydrogen-bond donors (Lipinski definition) is 0. The van der Waals surface area contributed by atoms with Crippen molar-refractivity contribution < 1.29 is 13.9 Å². The van der Waals surface area contributed by atoms with E-state index in [1.54, 1.807) is 20.3 Å². The average molecular weight is 377 g/mol. The van der Waals surface area contributed by atoms with Gasteiger partial charge in [0.1, 0.15) is 11.5 Å². The van der Waals surface area contributed by atoms with Gasteiger partial charge in [-0.05, 0) is 35.9 Å². The van der Waals surface area contributed by atoms with E-state index in [0.717, 1.165) is 22.6 Å². The summed E-state index contributed by atoms with van der Waals surface area (Å²) in [5.41, 5.74) is 2.06. The lowest BCUT2D eigenvalue weighted by Gasteiger charge is -2.07. The zero-order chi connectivity index (χ0) is 17.6. The Kier molecular flexibility index (Phi) is 5.83. The number of benzene rings is 2. The topological polar surface area (TPSA) is 57.4 Å². The summed E-state index contributed by atoms with van der Waals surface area (Å²) in [6.07, 6.45) is 0.581. The third-order valence-corrected chi connectivity index (χ3v) is 4.66. The Morgan fingerprint density at radius 3 is 2.56 bits per heavy atom. The van der Waals surface area contributed by atoms with Crippen molar-refractivity contribution in [2.45, 2.75) is 17.4 Å². The summed E-state index contributed by atoms with van der Waals surface area (Å²) in [6.45, 7) is 0. The van der Waals surface area contributed by atoms with Crippen LogP contribution in [0.3, 0.4) is 0 Å². The fourth-order valence-corrected chi connectivity index (χ4v) is 3.24. The van der Waals surface area contributed by atoms with Crippen molar-refractivity contribution >= 4 is 23.4 Å². The van der Waals surface area contributed by atoms with E-state index in [4.69, 9.17) is 25.5 Å². The predicted molar refractivity (Wildman–Crippen MR) is 97.7 cm³/mol. The Morgan fingerprint density at radius 2 is 1.84 bits per heavy atom. The first-order valence-corrected chi connectivity index (χ1v) is 8.95. The van der Waals surface area contributed by atoms with E-state index in [-0.39, 0.29) is 0 Å². The maximum absolute atomic E-state index is 6.05. The van der Waals surface area contributed by atoms with Crippen LogP contribution in [-0.2, 0) is 12.2 Å². The van der Waals surface area contributed by atoms with E-state index in [0.29, 0.717) is 28.3 Å². The number of aromatic nitrogens is 2. The molecule has 2 aromatic carbocycles. The summed E-state index contributed by atoms with van der Waals surface area (Å²) >= 11 is 7.50. The van der Waals surface area contributed by atoms with Crippen LogP contribution in [0, 0.1) is 0 Å². The summed E-state index contributed by atoms with van der Waals surface area (Å²) < 4.78 is 16.2. The molecule has 5 nitrogen and oxygen atoms in total. The van der Waals surface area contributed by atoms with E-state index in [1.165, 1.54) is 11.8 Å². The molecule has 0 amide bonds. The third-order valence-electron chi connectivity index (χ3n) is 3.56. The van der Waals surface area contributed by atoms with Crippen molar-refractivity contribution in [2.75, 3.05) is 14.2 Å². The highest BCUT2D eigenvalue weighted by molar-refractivity contribution is 7.98. The molecule has 0 atom stereocenters. The number of thioether (sulfide) groups is 1. The molecule has 0 saturated heterocycles. The second-order valence-corrected chi connectivity index (χ2v) is 6.59. The molecule has 0 fully saturated rings. The van der Waals surface area contributed by atoms with Crippen molar-refractivity contribution in [2.24, 2.45) is 0 Å². The molecule has 0 spiro atoms. The molecule has 0 saturated carbocycles. The molecular weight excluding hydrogens is 360 g/mol. The Hall–Kier alpha value is -2.18. The molecular formula is C18H17ClN2O3S. The molecule has 7 heteroatoms. The van der Waals surface area contributed by atoms with Crippen LogP contribution in [0.5, 0.6) is 11.5 Å². The molecule has 3 aromatic rings. The summed E-state index contributed by atoms with van der Waals surface area (Å²) in [5, 5.41) is 9.37. The number of nitrogens with zero attached hydrogens (tertiary/aromatic N) is 2. The zero-order valence-electron chi connectivity index (χ0n) is 13.9. The van der Waals surface area contributed by atoms with Gasteiger partial charge in [-0.25, -0.2) is 0 Å². The maximum atomic E-state index is 6.05. The van der Waals surface area contributed by atoms with Gasteiger partial charge in [-0.3, -0.25) is 0 Å². The van der Waals surface area contributed by atoms with Crippen LogP contribution in [-0.4, -0.2) is 24.4 Å². The van der Waals surface area contributed by atoms with Crippen LogP contribution in [0.4, 0.5) is 0 Å². The van der Waals surface area contributed by atoms with E-state index in [1.807, 2.05) is 36.4 Å². The van der Waals surface area contributed by atoms with Gasteiger partial charge in [-0.15, -0.1) is 10.2 Å². The number of hydrogen-bond acceptors (Lipinski definition) is 6. The number of rotatable bonds is 7. The summed E-state index contributed by atoms with van der Waals surface area (Å²) in [4.78, 5) is 0. The minimum Gasteiger partial charge on any atom is -0.497 e. The van der Waals surface area contributed by atoms with E-state index in [2.05, 4.69) is 10.2 Å². The zero-order valence-corrected chi connectivity index (χ0v) is 15.4. The van der Waals surface area contributed by atoms with E-state index in [9.17, 15) is 0 Å². The lowest BCUT2D eigenvalue weighted by atomic mass is 10.1. The molecule has 1 heterocycles. The molecule has 0 aliphatic heterocycles. The van der Waals surface area contributed by atoms with Crippen LogP contribution >= 0.6 is 23.4 Å². The standard InChI is InChI=1S/C18H17ClN2O3S/c1-22-15-6-3-12(4-7-15)9-17-20-21-18(24-17)25-11-13-10-14(19)5-8-16(13)23-2/h3-8,10H,9,11H2,1-2H3. The Balaban J connectivity index is 1.62. The fraction of sp³-hybridized carbons (Fsp3) is 0.222. The monoisotopic (exact) mass is 376 g/mol. The van der Waals surface area contributed by atoms with Crippen molar-refractivity contribution in [3.05, 3.63) is 64.5 Å². The number of methoxy groups -OCH3 is 2. The van der Waals surface area contributed by atoms with E-state index >= 15 is 0 Å². The highest BCUT2D eigenvalue weighted by Gasteiger charge is 2.10.